The van der Waals surface area contributed by atoms with Gasteiger partial charge in [-0.05, 0) is 44.9 Å². The van der Waals surface area contributed by atoms with E-state index in [1.165, 1.54) is 25.7 Å². The Kier molecular flexibility index (Phi) is 4.11. The van der Waals surface area contributed by atoms with Gasteiger partial charge >= 0.3 is 0 Å². The van der Waals surface area contributed by atoms with E-state index in [1.54, 1.807) is 6.07 Å². The first-order valence-electron chi connectivity index (χ1n) is 8.04. The number of rotatable bonds is 4. The Labute approximate surface area is 126 Å². The van der Waals surface area contributed by atoms with E-state index in [-0.39, 0.29) is 5.43 Å². The van der Waals surface area contributed by atoms with Gasteiger partial charge in [-0.3, -0.25) is 9.69 Å². The first kappa shape index (κ1) is 14.3. The van der Waals surface area contributed by atoms with Crippen LogP contribution in [0.25, 0.3) is 10.9 Å². The highest BCUT2D eigenvalue weighted by molar-refractivity contribution is 5.79. The molecule has 1 fully saturated rings. The van der Waals surface area contributed by atoms with Gasteiger partial charge in [0.05, 0.1) is 0 Å². The first-order chi connectivity index (χ1) is 10.2. The van der Waals surface area contributed by atoms with Crippen molar-refractivity contribution in [3.8, 4) is 0 Å². The van der Waals surface area contributed by atoms with E-state index in [4.69, 9.17) is 0 Å². The van der Waals surface area contributed by atoms with Crippen molar-refractivity contribution in [1.82, 2.24) is 9.88 Å². The molecule has 1 aliphatic rings. The highest BCUT2D eigenvalue weighted by Crippen LogP contribution is 2.23. The second kappa shape index (κ2) is 6.02. The van der Waals surface area contributed by atoms with Crippen molar-refractivity contribution in [2.75, 3.05) is 6.54 Å². The standard InChI is InChI=1S/C18H24N2O/c1-3-5-15-6-4-9-20(15)12-14-11-18(21)16-10-13(2)7-8-17(16)19-14/h7-8,10-11,15H,3-6,9,12H2,1-2H3,(H,19,21)/t15-/m0/s1. The molecule has 3 heteroatoms. The molecule has 3 nitrogen and oxygen atoms in total. The number of pyridine rings is 1. The molecule has 112 valence electrons. The average Bonchev–Trinajstić information content (AvgIpc) is 2.88. The molecule has 1 aromatic heterocycles. The molecular formula is C18H24N2O. The maximum Gasteiger partial charge on any atom is 0.189 e. The Morgan fingerprint density at radius 1 is 1.33 bits per heavy atom. The van der Waals surface area contributed by atoms with Gasteiger partial charge in [0.2, 0.25) is 0 Å². The van der Waals surface area contributed by atoms with E-state index in [9.17, 15) is 4.79 Å². The van der Waals surface area contributed by atoms with Crippen LogP contribution in [0.5, 0.6) is 0 Å². The molecule has 0 aliphatic carbocycles. The molecule has 1 saturated heterocycles. The zero-order chi connectivity index (χ0) is 14.8. The number of aromatic amines is 1. The molecule has 1 N–H and O–H groups in total. The number of nitrogens with zero attached hydrogens (tertiary/aromatic N) is 1. The van der Waals surface area contributed by atoms with Crippen LogP contribution in [0.3, 0.4) is 0 Å². The minimum Gasteiger partial charge on any atom is -0.357 e. The molecule has 3 rings (SSSR count). The second-order valence-electron chi connectivity index (χ2n) is 6.26. The minimum atomic E-state index is 0.133. The van der Waals surface area contributed by atoms with E-state index in [0.29, 0.717) is 6.04 Å². The summed E-state index contributed by atoms with van der Waals surface area (Å²) in [4.78, 5) is 18.3. The molecule has 2 aromatic rings. The SMILES string of the molecule is CCC[C@H]1CCCN1Cc1cc(=O)c2cc(C)ccc2[nH]1. The summed E-state index contributed by atoms with van der Waals surface area (Å²) in [6.45, 7) is 6.28. The smallest absolute Gasteiger partial charge is 0.189 e. The van der Waals surface area contributed by atoms with Gasteiger partial charge in [-0.1, -0.05) is 25.0 Å². The molecule has 1 atom stereocenters. The lowest BCUT2D eigenvalue weighted by Crippen LogP contribution is -2.29. The van der Waals surface area contributed by atoms with Crippen molar-refractivity contribution < 1.29 is 0 Å². The Morgan fingerprint density at radius 2 is 2.19 bits per heavy atom. The van der Waals surface area contributed by atoms with E-state index in [2.05, 4.69) is 22.9 Å². The minimum absolute atomic E-state index is 0.133. The number of hydrogen-bond donors (Lipinski definition) is 1. The fourth-order valence-electron chi connectivity index (χ4n) is 3.48. The quantitative estimate of drug-likeness (QED) is 0.931. The summed E-state index contributed by atoms with van der Waals surface area (Å²) in [6, 6.07) is 8.50. The number of hydrogen-bond acceptors (Lipinski definition) is 2. The monoisotopic (exact) mass is 284 g/mol. The van der Waals surface area contributed by atoms with Gasteiger partial charge in [0.25, 0.3) is 0 Å². The molecule has 2 heterocycles. The number of benzene rings is 1. The van der Waals surface area contributed by atoms with Crippen molar-refractivity contribution in [2.24, 2.45) is 0 Å². The van der Waals surface area contributed by atoms with E-state index >= 15 is 0 Å². The van der Waals surface area contributed by atoms with Crippen LogP contribution in [-0.2, 0) is 6.54 Å². The van der Waals surface area contributed by atoms with Gasteiger partial charge in [-0.25, -0.2) is 0 Å². The third-order valence-electron chi connectivity index (χ3n) is 4.54. The second-order valence-corrected chi connectivity index (χ2v) is 6.26. The van der Waals surface area contributed by atoms with Crippen LogP contribution in [-0.4, -0.2) is 22.5 Å². The lowest BCUT2D eigenvalue weighted by Gasteiger charge is -2.24. The van der Waals surface area contributed by atoms with Crippen molar-refractivity contribution in [3.05, 3.63) is 45.7 Å². The molecule has 21 heavy (non-hydrogen) atoms. The third-order valence-corrected chi connectivity index (χ3v) is 4.54. The lowest BCUT2D eigenvalue weighted by atomic mass is 10.1. The summed E-state index contributed by atoms with van der Waals surface area (Å²) < 4.78 is 0. The van der Waals surface area contributed by atoms with Crippen molar-refractivity contribution in [2.45, 2.75) is 52.1 Å². The molecule has 0 amide bonds. The summed E-state index contributed by atoms with van der Waals surface area (Å²) in [5, 5.41) is 0.797. The number of nitrogens with one attached hydrogen (secondary N) is 1. The highest BCUT2D eigenvalue weighted by Gasteiger charge is 2.23. The largest absolute Gasteiger partial charge is 0.357 e. The molecular weight excluding hydrogens is 260 g/mol. The van der Waals surface area contributed by atoms with Crippen LogP contribution in [0, 0.1) is 6.92 Å². The predicted molar refractivity (Wildman–Crippen MR) is 87.6 cm³/mol. The van der Waals surface area contributed by atoms with Crippen LogP contribution in [0.4, 0.5) is 0 Å². The molecule has 0 radical (unpaired) electrons. The number of likely N-dealkylation sites (tertiary alicyclic amines) is 1. The fraction of sp³-hybridized carbons (Fsp3) is 0.500. The molecule has 0 unspecified atom stereocenters. The van der Waals surface area contributed by atoms with Crippen LogP contribution in [0.2, 0.25) is 0 Å². The number of H-pyrrole nitrogens is 1. The summed E-state index contributed by atoms with van der Waals surface area (Å²) in [7, 11) is 0. The molecule has 0 spiro atoms. The van der Waals surface area contributed by atoms with Crippen LogP contribution in [0.1, 0.15) is 43.9 Å². The number of fused-ring (bicyclic) bond motifs is 1. The average molecular weight is 284 g/mol. The molecule has 0 saturated carbocycles. The fourth-order valence-corrected chi connectivity index (χ4v) is 3.48. The first-order valence-corrected chi connectivity index (χ1v) is 8.04. The highest BCUT2D eigenvalue weighted by atomic mass is 16.1. The zero-order valence-electron chi connectivity index (χ0n) is 13.0. The summed E-state index contributed by atoms with van der Waals surface area (Å²) in [6.07, 6.45) is 5.07. The van der Waals surface area contributed by atoms with Gasteiger partial charge in [0.15, 0.2) is 5.43 Å². The van der Waals surface area contributed by atoms with Crippen LogP contribution < -0.4 is 5.43 Å². The van der Waals surface area contributed by atoms with Crippen molar-refractivity contribution in [3.63, 3.8) is 0 Å². The Balaban J connectivity index is 1.87. The lowest BCUT2D eigenvalue weighted by molar-refractivity contribution is 0.231. The predicted octanol–water partition coefficient (Wildman–Crippen LogP) is 3.60. The number of aromatic nitrogens is 1. The van der Waals surface area contributed by atoms with Crippen LogP contribution in [0.15, 0.2) is 29.1 Å². The number of aryl methyl sites for hydroxylation is 1. The molecule has 1 aliphatic heterocycles. The molecule has 0 bridgehead atoms. The third kappa shape index (κ3) is 3.03. The van der Waals surface area contributed by atoms with Gasteiger partial charge in [0.1, 0.15) is 0 Å². The Bertz CT molecular complexity index is 689. The summed E-state index contributed by atoms with van der Waals surface area (Å²) in [5.74, 6) is 0. The van der Waals surface area contributed by atoms with Gasteiger partial charge in [-0.2, -0.15) is 0 Å². The maximum atomic E-state index is 12.3. The molecule has 1 aromatic carbocycles. The van der Waals surface area contributed by atoms with Crippen molar-refractivity contribution in [1.29, 1.82) is 0 Å². The van der Waals surface area contributed by atoms with E-state index < -0.39 is 0 Å². The van der Waals surface area contributed by atoms with E-state index in [1.807, 2.05) is 19.1 Å². The Morgan fingerprint density at radius 3 is 3.00 bits per heavy atom. The van der Waals surface area contributed by atoms with Crippen molar-refractivity contribution >= 4 is 10.9 Å². The summed E-state index contributed by atoms with van der Waals surface area (Å²) >= 11 is 0. The zero-order valence-corrected chi connectivity index (χ0v) is 13.0. The van der Waals surface area contributed by atoms with Gasteiger partial charge in [0, 0.05) is 35.2 Å². The summed E-state index contributed by atoms with van der Waals surface area (Å²) in [5.41, 5.74) is 3.26. The maximum absolute atomic E-state index is 12.3. The van der Waals surface area contributed by atoms with Gasteiger partial charge in [-0.15, -0.1) is 0 Å². The van der Waals surface area contributed by atoms with Gasteiger partial charge < -0.3 is 4.98 Å². The Hall–Kier alpha value is -1.61. The van der Waals surface area contributed by atoms with E-state index in [0.717, 1.165) is 35.2 Å². The normalized spacial score (nSPS) is 19.4. The topological polar surface area (TPSA) is 36.1 Å². The van der Waals surface area contributed by atoms with Crippen LogP contribution >= 0.6 is 0 Å².